The van der Waals surface area contributed by atoms with Crippen molar-refractivity contribution in [1.82, 2.24) is 15.0 Å². The minimum absolute atomic E-state index is 0.232. The minimum Gasteiger partial charge on any atom is -0.467 e. The van der Waals surface area contributed by atoms with E-state index in [1.165, 1.54) is 12.0 Å². The molecule has 1 atom stereocenters. The molecule has 2 aromatic heterocycles. The number of rotatable bonds is 6. The molecular weight excluding hydrogens is 262 g/mol. The average molecular weight is 279 g/mol. The molecular formula is C12H17N5OS. The lowest BCUT2D eigenvalue weighted by Gasteiger charge is -2.13. The summed E-state index contributed by atoms with van der Waals surface area (Å²) in [4.78, 5) is 13.8. The van der Waals surface area contributed by atoms with Crippen LogP contribution in [0.25, 0.3) is 0 Å². The Balaban J connectivity index is 2.05. The fourth-order valence-electron chi connectivity index (χ4n) is 1.63. The predicted octanol–water partition coefficient (Wildman–Crippen LogP) is 2.03. The van der Waals surface area contributed by atoms with Crippen LogP contribution in [-0.2, 0) is 6.42 Å². The van der Waals surface area contributed by atoms with Crippen molar-refractivity contribution < 1.29 is 4.74 Å². The molecule has 1 unspecified atom stereocenters. The molecule has 0 aliphatic carbocycles. The normalized spacial score (nSPS) is 11.9. The van der Waals surface area contributed by atoms with Gasteiger partial charge < -0.3 is 15.4 Å². The molecule has 2 N–H and O–H groups in total. The van der Waals surface area contributed by atoms with Gasteiger partial charge in [0.2, 0.25) is 11.9 Å². The zero-order chi connectivity index (χ0) is 13.7. The minimum atomic E-state index is 0.232. The van der Waals surface area contributed by atoms with Crippen molar-refractivity contribution in [2.24, 2.45) is 0 Å². The molecule has 0 aliphatic heterocycles. The van der Waals surface area contributed by atoms with Crippen LogP contribution in [0.15, 0.2) is 17.5 Å². The van der Waals surface area contributed by atoms with E-state index in [4.69, 9.17) is 4.74 Å². The van der Waals surface area contributed by atoms with Crippen molar-refractivity contribution >= 4 is 23.2 Å². The maximum atomic E-state index is 5.04. The van der Waals surface area contributed by atoms with E-state index in [-0.39, 0.29) is 6.04 Å². The van der Waals surface area contributed by atoms with Gasteiger partial charge in [-0.2, -0.15) is 15.0 Å². The summed E-state index contributed by atoms with van der Waals surface area (Å²) < 4.78 is 5.04. The van der Waals surface area contributed by atoms with E-state index >= 15 is 0 Å². The van der Waals surface area contributed by atoms with Crippen molar-refractivity contribution in [3.8, 4) is 6.01 Å². The van der Waals surface area contributed by atoms with Crippen LogP contribution in [0.4, 0.5) is 11.9 Å². The van der Waals surface area contributed by atoms with Gasteiger partial charge in [-0.15, -0.1) is 11.3 Å². The first kappa shape index (κ1) is 13.5. The SMILES string of the molecule is CNc1nc(NC(C)Cc2cccs2)nc(OC)n1. The number of hydrogen-bond acceptors (Lipinski definition) is 7. The van der Waals surface area contributed by atoms with Gasteiger partial charge in [0, 0.05) is 24.4 Å². The highest BCUT2D eigenvalue weighted by atomic mass is 32.1. The molecule has 0 spiro atoms. The molecule has 0 aromatic carbocycles. The summed E-state index contributed by atoms with van der Waals surface area (Å²) in [7, 11) is 3.29. The van der Waals surface area contributed by atoms with Crippen LogP contribution in [0.1, 0.15) is 11.8 Å². The zero-order valence-electron chi connectivity index (χ0n) is 11.2. The van der Waals surface area contributed by atoms with E-state index in [0.717, 1.165) is 6.42 Å². The van der Waals surface area contributed by atoms with E-state index in [2.05, 4.69) is 50.0 Å². The lowest BCUT2D eigenvalue weighted by atomic mass is 10.2. The third-order valence-corrected chi connectivity index (χ3v) is 3.38. The molecule has 6 nitrogen and oxygen atoms in total. The molecule has 0 aliphatic rings. The van der Waals surface area contributed by atoms with Crippen LogP contribution in [-0.4, -0.2) is 35.2 Å². The lowest BCUT2D eigenvalue weighted by Crippen LogP contribution is -2.20. The highest BCUT2D eigenvalue weighted by Crippen LogP contribution is 2.15. The summed E-state index contributed by atoms with van der Waals surface area (Å²) in [5.41, 5.74) is 0. The van der Waals surface area contributed by atoms with Gasteiger partial charge in [0.1, 0.15) is 0 Å². The van der Waals surface area contributed by atoms with Gasteiger partial charge in [-0.25, -0.2) is 0 Å². The maximum absolute atomic E-state index is 5.04. The number of aromatic nitrogens is 3. The van der Waals surface area contributed by atoms with E-state index < -0.39 is 0 Å². The van der Waals surface area contributed by atoms with Crippen LogP contribution >= 0.6 is 11.3 Å². The highest BCUT2D eigenvalue weighted by molar-refractivity contribution is 7.09. The Labute approximate surface area is 116 Å². The Morgan fingerprint density at radius 2 is 2.11 bits per heavy atom. The second-order valence-corrected chi connectivity index (χ2v) is 5.08. The summed E-state index contributed by atoms with van der Waals surface area (Å²) in [5, 5.41) is 8.21. The summed E-state index contributed by atoms with van der Waals surface area (Å²) in [6, 6.07) is 4.70. The van der Waals surface area contributed by atoms with Crippen molar-refractivity contribution in [3.05, 3.63) is 22.4 Å². The van der Waals surface area contributed by atoms with Crippen molar-refractivity contribution in [2.75, 3.05) is 24.8 Å². The highest BCUT2D eigenvalue weighted by Gasteiger charge is 2.09. The van der Waals surface area contributed by atoms with Crippen LogP contribution < -0.4 is 15.4 Å². The number of ether oxygens (including phenoxy) is 1. The van der Waals surface area contributed by atoms with Gasteiger partial charge >= 0.3 is 6.01 Å². The molecule has 2 heterocycles. The molecule has 2 rings (SSSR count). The van der Waals surface area contributed by atoms with Gasteiger partial charge in [-0.05, 0) is 18.4 Å². The molecule has 0 fully saturated rings. The monoisotopic (exact) mass is 279 g/mol. The lowest BCUT2D eigenvalue weighted by molar-refractivity contribution is 0.379. The Morgan fingerprint density at radius 3 is 2.74 bits per heavy atom. The first-order valence-electron chi connectivity index (χ1n) is 5.98. The first-order chi connectivity index (χ1) is 9.21. The van der Waals surface area contributed by atoms with Gasteiger partial charge in [0.15, 0.2) is 0 Å². The third kappa shape index (κ3) is 3.78. The molecule has 19 heavy (non-hydrogen) atoms. The molecule has 0 radical (unpaired) electrons. The fourth-order valence-corrected chi connectivity index (χ4v) is 2.46. The van der Waals surface area contributed by atoms with E-state index in [1.54, 1.807) is 18.4 Å². The smallest absolute Gasteiger partial charge is 0.322 e. The number of nitrogens with zero attached hydrogens (tertiary/aromatic N) is 3. The van der Waals surface area contributed by atoms with Crippen molar-refractivity contribution in [3.63, 3.8) is 0 Å². The second kappa shape index (κ2) is 6.33. The van der Waals surface area contributed by atoms with E-state index in [9.17, 15) is 0 Å². The topological polar surface area (TPSA) is 72.0 Å². The molecule has 0 bridgehead atoms. The van der Waals surface area contributed by atoms with Crippen LogP contribution in [0.2, 0.25) is 0 Å². The number of anilines is 2. The number of hydrogen-bond donors (Lipinski definition) is 2. The van der Waals surface area contributed by atoms with Crippen LogP contribution in [0, 0.1) is 0 Å². The summed E-state index contributed by atoms with van der Waals surface area (Å²) in [6.07, 6.45) is 0.931. The van der Waals surface area contributed by atoms with Gasteiger partial charge in [0.25, 0.3) is 0 Å². The maximum Gasteiger partial charge on any atom is 0.322 e. The standard InChI is InChI=1S/C12H17N5OS/c1-8(7-9-5-4-6-19-9)14-11-15-10(13-2)16-12(17-11)18-3/h4-6,8H,7H2,1-3H3,(H2,13,14,15,16,17). The molecule has 102 valence electrons. The Kier molecular flexibility index (Phi) is 4.51. The zero-order valence-corrected chi connectivity index (χ0v) is 12.0. The molecule has 7 heteroatoms. The average Bonchev–Trinajstić information content (AvgIpc) is 2.90. The molecule has 0 amide bonds. The van der Waals surface area contributed by atoms with Crippen molar-refractivity contribution in [2.45, 2.75) is 19.4 Å². The summed E-state index contributed by atoms with van der Waals surface area (Å²) in [5.74, 6) is 0.998. The third-order valence-electron chi connectivity index (χ3n) is 2.48. The fraction of sp³-hybridized carbons (Fsp3) is 0.417. The number of nitrogens with one attached hydrogen (secondary N) is 2. The molecule has 2 aromatic rings. The Morgan fingerprint density at radius 1 is 1.32 bits per heavy atom. The Hall–Kier alpha value is -1.89. The van der Waals surface area contributed by atoms with E-state index in [0.29, 0.717) is 17.9 Å². The molecule has 0 saturated carbocycles. The second-order valence-electron chi connectivity index (χ2n) is 4.05. The predicted molar refractivity (Wildman–Crippen MR) is 77.0 cm³/mol. The largest absolute Gasteiger partial charge is 0.467 e. The summed E-state index contributed by atoms with van der Waals surface area (Å²) in [6.45, 7) is 2.09. The van der Waals surface area contributed by atoms with Crippen LogP contribution in [0.5, 0.6) is 6.01 Å². The van der Waals surface area contributed by atoms with Gasteiger partial charge in [-0.1, -0.05) is 6.07 Å². The molecule has 0 saturated heterocycles. The first-order valence-corrected chi connectivity index (χ1v) is 6.86. The van der Waals surface area contributed by atoms with E-state index in [1.807, 2.05) is 0 Å². The van der Waals surface area contributed by atoms with Gasteiger partial charge in [0.05, 0.1) is 7.11 Å². The van der Waals surface area contributed by atoms with Crippen LogP contribution in [0.3, 0.4) is 0 Å². The van der Waals surface area contributed by atoms with Crippen molar-refractivity contribution in [1.29, 1.82) is 0 Å². The number of thiophene rings is 1. The quantitative estimate of drug-likeness (QED) is 0.843. The summed E-state index contributed by atoms with van der Waals surface area (Å²) >= 11 is 1.75. The Bertz CT molecular complexity index is 495. The number of methoxy groups -OCH3 is 1. The van der Waals surface area contributed by atoms with Gasteiger partial charge in [-0.3, -0.25) is 0 Å².